The van der Waals surface area contributed by atoms with E-state index in [1.54, 1.807) is 6.08 Å². The summed E-state index contributed by atoms with van der Waals surface area (Å²) in [6, 6.07) is 15.4. The average Bonchev–Trinajstić information content (AvgIpc) is 2.42. The van der Waals surface area contributed by atoms with E-state index in [0.717, 1.165) is 21.4 Å². The second kappa shape index (κ2) is 6.53. The zero-order valence-corrected chi connectivity index (χ0v) is 13.1. The van der Waals surface area contributed by atoms with E-state index in [9.17, 15) is 4.79 Å². The maximum Gasteiger partial charge on any atom is 0.187 e. The number of nitrogens with one attached hydrogen (secondary N) is 1. The molecule has 20 heavy (non-hydrogen) atoms. The topological polar surface area (TPSA) is 29.1 Å². The van der Waals surface area contributed by atoms with Crippen molar-refractivity contribution in [2.45, 2.75) is 13.8 Å². The summed E-state index contributed by atoms with van der Waals surface area (Å²) in [5.74, 6) is 0.00658. The Morgan fingerprint density at radius 3 is 2.25 bits per heavy atom. The second-order valence-electron chi connectivity index (χ2n) is 4.69. The van der Waals surface area contributed by atoms with Gasteiger partial charge in [0.25, 0.3) is 0 Å². The number of benzene rings is 2. The van der Waals surface area contributed by atoms with Gasteiger partial charge < -0.3 is 5.32 Å². The number of carbonyl (C=O) groups excluding carboxylic acids is 1. The molecule has 0 amide bonds. The molecule has 0 saturated carbocycles. The quantitative estimate of drug-likeness (QED) is 0.634. The third-order valence-corrected chi connectivity index (χ3v) is 3.40. The normalized spacial score (nSPS) is 11.2. The van der Waals surface area contributed by atoms with Gasteiger partial charge in [0.15, 0.2) is 5.78 Å². The Bertz CT molecular complexity index is 627. The van der Waals surface area contributed by atoms with E-state index in [-0.39, 0.29) is 5.78 Å². The van der Waals surface area contributed by atoms with Gasteiger partial charge >= 0.3 is 0 Å². The molecule has 2 aromatic rings. The first kappa shape index (κ1) is 14.5. The van der Waals surface area contributed by atoms with E-state index >= 15 is 0 Å². The van der Waals surface area contributed by atoms with Gasteiger partial charge in [-0.25, -0.2) is 0 Å². The van der Waals surface area contributed by atoms with Gasteiger partial charge in [0.2, 0.25) is 0 Å². The van der Waals surface area contributed by atoms with Gasteiger partial charge in [0.1, 0.15) is 0 Å². The van der Waals surface area contributed by atoms with Crippen LogP contribution in [-0.2, 0) is 0 Å². The highest BCUT2D eigenvalue weighted by Crippen LogP contribution is 2.16. The van der Waals surface area contributed by atoms with Crippen molar-refractivity contribution in [3.8, 4) is 0 Å². The van der Waals surface area contributed by atoms with Crippen molar-refractivity contribution >= 4 is 27.4 Å². The Balaban J connectivity index is 2.07. The molecule has 0 atom stereocenters. The zero-order chi connectivity index (χ0) is 14.5. The van der Waals surface area contributed by atoms with Crippen LogP contribution in [0.5, 0.6) is 0 Å². The Kier molecular flexibility index (Phi) is 4.74. The maximum absolute atomic E-state index is 12.1. The second-order valence-corrected chi connectivity index (χ2v) is 5.61. The first-order valence-electron chi connectivity index (χ1n) is 6.36. The van der Waals surface area contributed by atoms with E-state index < -0.39 is 0 Å². The highest BCUT2D eigenvalue weighted by Gasteiger charge is 2.03. The van der Waals surface area contributed by atoms with E-state index in [0.29, 0.717) is 5.56 Å². The monoisotopic (exact) mass is 329 g/mol. The van der Waals surface area contributed by atoms with Crippen molar-refractivity contribution in [2.24, 2.45) is 0 Å². The van der Waals surface area contributed by atoms with Crippen LogP contribution in [0.25, 0.3) is 0 Å². The van der Waals surface area contributed by atoms with Crippen LogP contribution in [-0.4, -0.2) is 5.78 Å². The number of aryl methyl sites for hydroxylation is 1. The number of rotatable bonds is 4. The maximum atomic E-state index is 12.1. The van der Waals surface area contributed by atoms with Crippen molar-refractivity contribution in [1.82, 2.24) is 0 Å². The lowest BCUT2D eigenvalue weighted by atomic mass is 10.1. The molecule has 0 aliphatic heterocycles. The van der Waals surface area contributed by atoms with Crippen molar-refractivity contribution in [2.75, 3.05) is 5.32 Å². The minimum Gasteiger partial charge on any atom is -0.359 e. The lowest BCUT2D eigenvalue weighted by Gasteiger charge is -2.06. The molecule has 0 spiro atoms. The molecule has 0 heterocycles. The molecule has 1 N–H and O–H groups in total. The van der Waals surface area contributed by atoms with E-state index in [2.05, 4.69) is 21.2 Å². The van der Waals surface area contributed by atoms with Gasteiger partial charge in [-0.3, -0.25) is 4.79 Å². The SMILES string of the molecule is CC(=CC(=O)c1ccc(C)cc1)Nc1ccc(Br)cc1. The highest BCUT2D eigenvalue weighted by atomic mass is 79.9. The first-order chi connectivity index (χ1) is 9.54. The molecule has 0 saturated heterocycles. The number of allylic oxidation sites excluding steroid dienone is 2. The fourth-order valence-electron chi connectivity index (χ4n) is 1.79. The third kappa shape index (κ3) is 4.07. The predicted octanol–water partition coefficient (Wildman–Crippen LogP) is 4.96. The fourth-order valence-corrected chi connectivity index (χ4v) is 2.06. The van der Waals surface area contributed by atoms with E-state index in [1.165, 1.54) is 0 Å². The Labute approximate surface area is 127 Å². The zero-order valence-electron chi connectivity index (χ0n) is 11.5. The van der Waals surface area contributed by atoms with E-state index in [4.69, 9.17) is 0 Å². The van der Waals surface area contributed by atoms with Crippen LogP contribution in [0.3, 0.4) is 0 Å². The Morgan fingerprint density at radius 2 is 1.65 bits per heavy atom. The van der Waals surface area contributed by atoms with Gasteiger partial charge in [-0.05, 0) is 38.1 Å². The number of halogens is 1. The summed E-state index contributed by atoms with van der Waals surface area (Å²) in [5, 5.41) is 3.20. The molecule has 0 bridgehead atoms. The van der Waals surface area contributed by atoms with Crippen LogP contribution in [0.2, 0.25) is 0 Å². The molecule has 102 valence electrons. The summed E-state index contributed by atoms with van der Waals surface area (Å²) in [6.45, 7) is 3.89. The summed E-state index contributed by atoms with van der Waals surface area (Å²) in [7, 11) is 0. The molecule has 0 fully saturated rings. The molecular formula is C17H16BrNO. The molecule has 3 heteroatoms. The summed E-state index contributed by atoms with van der Waals surface area (Å²) in [4.78, 5) is 12.1. The van der Waals surface area contributed by atoms with Crippen LogP contribution < -0.4 is 5.32 Å². The predicted molar refractivity (Wildman–Crippen MR) is 87.0 cm³/mol. The average molecular weight is 330 g/mol. The highest BCUT2D eigenvalue weighted by molar-refractivity contribution is 9.10. The van der Waals surface area contributed by atoms with Crippen molar-refractivity contribution in [3.05, 3.63) is 75.9 Å². The molecule has 2 aromatic carbocycles. The molecule has 0 aliphatic rings. The Morgan fingerprint density at radius 1 is 1.05 bits per heavy atom. The summed E-state index contributed by atoms with van der Waals surface area (Å²) >= 11 is 3.39. The van der Waals surface area contributed by atoms with Gasteiger partial charge in [0.05, 0.1) is 0 Å². The van der Waals surface area contributed by atoms with Crippen LogP contribution in [0.1, 0.15) is 22.8 Å². The molecule has 2 rings (SSSR count). The number of anilines is 1. The standard InChI is InChI=1S/C17H16BrNO/c1-12-3-5-14(6-4-12)17(20)11-13(2)19-16-9-7-15(18)8-10-16/h3-11,19H,1-2H3. The smallest absolute Gasteiger partial charge is 0.187 e. The number of ketones is 1. The summed E-state index contributed by atoms with van der Waals surface area (Å²) < 4.78 is 1.03. The lowest BCUT2D eigenvalue weighted by molar-refractivity contribution is 0.104. The Hall–Kier alpha value is -1.87. The number of carbonyl (C=O) groups is 1. The number of hydrogen-bond acceptors (Lipinski definition) is 2. The van der Waals surface area contributed by atoms with Crippen molar-refractivity contribution in [3.63, 3.8) is 0 Å². The fraction of sp³-hybridized carbons (Fsp3) is 0.118. The number of hydrogen-bond donors (Lipinski definition) is 1. The van der Waals surface area contributed by atoms with Crippen LogP contribution >= 0.6 is 15.9 Å². The largest absolute Gasteiger partial charge is 0.359 e. The van der Waals surface area contributed by atoms with Crippen LogP contribution in [0.4, 0.5) is 5.69 Å². The van der Waals surface area contributed by atoms with Gasteiger partial charge in [-0.15, -0.1) is 0 Å². The van der Waals surface area contributed by atoms with Crippen LogP contribution in [0, 0.1) is 6.92 Å². The van der Waals surface area contributed by atoms with E-state index in [1.807, 2.05) is 62.4 Å². The summed E-state index contributed by atoms with van der Waals surface area (Å²) in [5.41, 5.74) is 3.62. The van der Waals surface area contributed by atoms with Crippen LogP contribution in [0.15, 0.2) is 64.8 Å². The minimum atomic E-state index is 0.00658. The third-order valence-electron chi connectivity index (χ3n) is 2.87. The van der Waals surface area contributed by atoms with Gasteiger partial charge in [0, 0.05) is 27.5 Å². The molecule has 0 aromatic heterocycles. The van der Waals surface area contributed by atoms with Gasteiger partial charge in [-0.1, -0.05) is 45.8 Å². The first-order valence-corrected chi connectivity index (χ1v) is 7.16. The lowest BCUT2D eigenvalue weighted by Crippen LogP contribution is -2.01. The minimum absolute atomic E-state index is 0.00658. The summed E-state index contributed by atoms with van der Waals surface area (Å²) in [6.07, 6.45) is 1.62. The molecule has 0 aliphatic carbocycles. The molecule has 2 nitrogen and oxygen atoms in total. The van der Waals surface area contributed by atoms with Crippen molar-refractivity contribution in [1.29, 1.82) is 0 Å². The molecule has 0 unspecified atom stereocenters. The van der Waals surface area contributed by atoms with Gasteiger partial charge in [-0.2, -0.15) is 0 Å². The molecular weight excluding hydrogens is 314 g/mol. The van der Waals surface area contributed by atoms with Crippen molar-refractivity contribution < 1.29 is 4.79 Å². The molecule has 0 radical (unpaired) electrons.